The zero-order chi connectivity index (χ0) is 27.7. The molecule has 4 rings (SSSR count). The molecule has 2 amide bonds. The molecule has 10 heteroatoms. The van der Waals surface area contributed by atoms with E-state index >= 15 is 0 Å². The van der Waals surface area contributed by atoms with Gasteiger partial charge in [-0.15, -0.1) is 0 Å². The third-order valence-electron chi connectivity index (χ3n) is 5.48. The third-order valence-corrected chi connectivity index (χ3v) is 7.94. The SMILES string of the molecule is CC(=O)Nc1ccc([As](=O)(O)OO)cc1.Cc1c(-c2ccccc2)ccc(N)c1NC(=O)c1ccccc1. The van der Waals surface area contributed by atoms with Gasteiger partial charge in [0.05, 0.1) is 11.4 Å². The molecule has 0 fully saturated rings. The van der Waals surface area contributed by atoms with E-state index in [-0.39, 0.29) is 16.2 Å². The Hall–Kier alpha value is -4.14. The first-order valence-electron chi connectivity index (χ1n) is 11.5. The van der Waals surface area contributed by atoms with Crippen LogP contribution in [0, 0.1) is 6.92 Å². The van der Waals surface area contributed by atoms with Crippen molar-refractivity contribution < 1.29 is 26.6 Å². The number of carbonyl (C=O) groups excluding carboxylic acids is 2. The molecule has 0 saturated heterocycles. The van der Waals surface area contributed by atoms with Gasteiger partial charge in [-0.25, -0.2) is 0 Å². The van der Waals surface area contributed by atoms with E-state index in [1.54, 1.807) is 12.1 Å². The van der Waals surface area contributed by atoms with Crippen LogP contribution >= 0.6 is 0 Å². The van der Waals surface area contributed by atoms with Gasteiger partial charge in [0.1, 0.15) is 0 Å². The van der Waals surface area contributed by atoms with Gasteiger partial charge in [0.2, 0.25) is 0 Å². The molecule has 38 heavy (non-hydrogen) atoms. The second kappa shape index (κ2) is 12.9. The molecule has 0 radical (unpaired) electrons. The number of amides is 2. The molecule has 0 aromatic heterocycles. The Morgan fingerprint density at radius 2 is 1.42 bits per heavy atom. The molecule has 9 nitrogen and oxygen atoms in total. The van der Waals surface area contributed by atoms with Crippen molar-refractivity contribution in [2.45, 2.75) is 13.8 Å². The first-order valence-corrected chi connectivity index (χ1v) is 14.8. The predicted octanol–water partition coefficient (Wildman–Crippen LogP) is 4.20. The minimum absolute atomic E-state index is 0.00438. The van der Waals surface area contributed by atoms with Crippen molar-refractivity contribution in [2.24, 2.45) is 0 Å². The second-order valence-corrected chi connectivity index (χ2v) is 11.8. The summed E-state index contributed by atoms with van der Waals surface area (Å²) >= 11 is -4.76. The number of hydrogen-bond acceptors (Lipinski definition) is 6. The van der Waals surface area contributed by atoms with Crippen LogP contribution < -0.4 is 20.7 Å². The molecular weight excluding hydrogens is 549 g/mol. The molecule has 0 aliphatic carbocycles. The number of hydrogen-bond donors (Lipinski definition) is 5. The molecular formula is C28H28AsN3O6. The van der Waals surface area contributed by atoms with Gasteiger partial charge in [0.25, 0.3) is 5.91 Å². The molecule has 0 spiro atoms. The van der Waals surface area contributed by atoms with Crippen LogP contribution in [0.5, 0.6) is 0 Å². The summed E-state index contributed by atoms with van der Waals surface area (Å²) < 4.78 is 23.8. The van der Waals surface area contributed by atoms with Crippen LogP contribution in [0.3, 0.4) is 0 Å². The van der Waals surface area contributed by atoms with Gasteiger partial charge in [0.15, 0.2) is 0 Å². The van der Waals surface area contributed by atoms with Crippen LogP contribution in [-0.4, -0.2) is 35.3 Å². The monoisotopic (exact) mass is 577 g/mol. The molecule has 0 aliphatic heterocycles. The third kappa shape index (κ3) is 7.44. The quantitative estimate of drug-likeness (QED) is 0.0998. The normalized spacial score (nSPS) is 11.9. The minimum Gasteiger partial charge on any atom is -0.397 e. The largest absolute Gasteiger partial charge is 0.397 e. The van der Waals surface area contributed by atoms with Crippen molar-refractivity contribution in [3.8, 4) is 11.1 Å². The summed E-state index contributed by atoms with van der Waals surface area (Å²) in [6.07, 6.45) is 0. The smallest absolute Gasteiger partial charge is 0.255 e. The summed E-state index contributed by atoms with van der Waals surface area (Å²) in [7, 11) is 0. The zero-order valence-corrected chi connectivity index (χ0v) is 22.7. The predicted molar refractivity (Wildman–Crippen MR) is 148 cm³/mol. The summed E-state index contributed by atoms with van der Waals surface area (Å²) in [6, 6.07) is 28.5. The van der Waals surface area contributed by atoms with Crippen molar-refractivity contribution in [2.75, 3.05) is 16.4 Å². The topological polar surface area (TPSA) is 151 Å². The van der Waals surface area contributed by atoms with Gasteiger partial charge >= 0.3 is 88.4 Å². The standard InChI is InChI=1S/C20H18N2O.C8H10AsNO5/c1-14-17(15-8-4-2-5-9-15)12-13-18(21)19(14)22-20(23)16-10-6-3-7-11-16;1-6(11)10-8-4-2-7(3-5-8)9(12,13)15-14/h2-13H,21H2,1H3,(H,22,23);2-5,14H,1H3,(H,10,11)(H,12,13). The summed E-state index contributed by atoms with van der Waals surface area (Å²) in [5.74, 6) is -0.399. The van der Waals surface area contributed by atoms with Gasteiger partial charge < -0.3 is 11.1 Å². The van der Waals surface area contributed by atoms with Gasteiger partial charge in [0, 0.05) is 5.56 Å². The number of benzene rings is 4. The van der Waals surface area contributed by atoms with Crippen molar-refractivity contribution >= 4 is 47.4 Å². The Morgan fingerprint density at radius 1 is 0.842 bits per heavy atom. The van der Waals surface area contributed by atoms with Crippen molar-refractivity contribution in [3.05, 3.63) is 108 Å². The van der Waals surface area contributed by atoms with Gasteiger partial charge in [-0.1, -0.05) is 54.6 Å². The van der Waals surface area contributed by atoms with Crippen LogP contribution in [0.15, 0.2) is 97.1 Å². The fraction of sp³-hybridized carbons (Fsp3) is 0.0714. The van der Waals surface area contributed by atoms with Gasteiger partial charge in [-0.2, -0.15) is 0 Å². The Kier molecular flexibility index (Phi) is 9.65. The molecule has 1 atom stereocenters. The molecule has 0 saturated carbocycles. The molecule has 1 unspecified atom stereocenters. The average molecular weight is 577 g/mol. The van der Waals surface area contributed by atoms with E-state index in [2.05, 4.69) is 14.5 Å². The van der Waals surface area contributed by atoms with E-state index in [4.69, 9.17) is 15.1 Å². The molecule has 0 aliphatic rings. The number of anilines is 3. The van der Waals surface area contributed by atoms with E-state index in [0.717, 1.165) is 16.7 Å². The number of carbonyl (C=O) groups is 2. The summed E-state index contributed by atoms with van der Waals surface area (Å²) in [4.78, 5) is 23.1. The maximum absolute atomic E-state index is 12.4. The Morgan fingerprint density at radius 3 is 1.97 bits per heavy atom. The Labute approximate surface area is 223 Å². The molecule has 0 bridgehead atoms. The van der Waals surface area contributed by atoms with Crippen molar-refractivity contribution in [3.63, 3.8) is 0 Å². The molecule has 196 valence electrons. The number of nitrogens with two attached hydrogens (primary N) is 1. The zero-order valence-electron chi connectivity index (χ0n) is 20.8. The summed E-state index contributed by atoms with van der Waals surface area (Å²) in [5, 5.41) is 13.6. The van der Waals surface area contributed by atoms with Crippen LogP contribution in [-0.2, 0) is 12.4 Å². The first kappa shape index (κ1) is 28.4. The maximum atomic E-state index is 12.4. The van der Waals surface area contributed by atoms with Gasteiger partial charge in [-0.05, 0) is 41.8 Å². The van der Waals surface area contributed by atoms with Crippen LogP contribution in [0.1, 0.15) is 22.8 Å². The van der Waals surface area contributed by atoms with E-state index in [1.807, 2.05) is 67.6 Å². The van der Waals surface area contributed by atoms with Crippen molar-refractivity contribution in [1.29, 1.82) is 0 Å². The second-order valence-electron chi connectivity index (χ2n) is 8.22. The number of nitrogen functional groups attached to an aromatic ring is 1. The summed E-state index contributed by atoms with van der Waals surface area (Å²) in [6.45, 7) is 3.32. The van der Waals surface area contributed by atoms with Crippen LogP contribution in [0.2, 0.25) is 0 Å². The van der Waals surface area contributed by atoms with Crippen LogP contribution in [0.25, 0.3) is 11.1 Å². The molecule has 4 aromatic rings. The fourth-order valence-corrected chi connectivity index (χ4v) is 4.89. The number of rotatable bonds is 6. The van der Waals surface area contributed by atoms with Crippen molar-refractivity contribution in [1.82, 2.24) is 0 Å². The van der Waals surface area contributed by atoms with Crippen LogP contribution in [0.4, 0.5) is 17.1 Å². The van der Waals surface area contributed by atoms with E-state index in [9.17, 15) is 13.3 Å². The molecule has 0 heterocycles. The number of nitrogens with one attached hydrogen (secondary N) is 2. The Bertz CT molecular complexity index is 1450. The molecule has 4 aromatic carbocycles. The molecule has 6 N–H and O–H groups in total. The minimum atomic E-state index is -4.76. The first-order chi connectivity index (χ1) is 18.1. The summed E-state index contributed by atoms with van der Waals surface area (Å²) in [5.41, 5.74) is 11.5. The average Bonchev–Trinajstić information content (AvgIpc) is 2.92. The fourth-order valence-electron chi connectivity index (χ4n) is 3.59. The van der Waals surface area contributed by atoms with E-state index in [1.165, 1.54) is 31.2 Å². The Balaban J connectivity index is 0.000000232. The van der Waals surface area contributed by atoms with E-state index < -0.39 is 14.2 Å². The van der Waals surface area contributed by atoms with E-state index in [0.29, 0.717) is 22.6 Å². The maximum Gasteiger partial charge on any atom is 0.255 e. The van der Waals surface area contributed by atoms with Gasteiger partial charge in [-0.3, -0.25) is 4.79 Å².